The normalized spacial score (nSPS) is 15.1. The maximum absolute atomic E-state index is 12.4. The van der Waals surface area contributed by atoms with E-state index in [4.69, 9.17) is 9.47 Å². The highest BCUT2D eigenvalue weighted by atomic mass is 16.5. The molecule has 0 heterocycles. The zero-order chi connectivity index (χ0) is 19.1. The quantitative estimate of drug-likeness (QED) is 0.763. The summed E-state index contributed by atoms with van der Waals surface area (Å²) >= 11 is 0. The second-order valence-corrected chi connectivity index (χ2v) is 6.89. The van der Waals surface area contributed by atoms with Gasteiger partial charge in [-0.15, -0.1) is 0 Å². The molecule has 1 N–H and O–H groups in total. The number of benzene rings is 2. The average Bonchev–Trinajstić information content (AvgIpc) is 3.17. The molecule has 0 aromatic heterocycles. The predicted octanol–water partition coefficient (Wildman–Crippen LogP) is 3.26. The molecule has 2 aromatic rings. The van der Waals surface area contributed by atoms with Gasteiger partial charge in [0.05, 0.1) is 7.11 Å². The summed E-state index contributed by atoms with van der Waals surface area (Å²) in [5.41, 5.74) is 1.28. The van der Waals surface area contributed by atoms with Crippen molar-refractivity contribution >= 4 is 11.9 Å². The van der Waals surface area contributed by atoms with Crippen LogP contribution in [0.4, 0.5) is 0 Å². The molecule has 0 spiro atoms. The molecule has 0 bridgehead atoms. The average molecular weight is 367 g/mol. The number of carbonyl (C=O) groups is 2. The molecule has 142 valence electrons. The van der Waals surface area contributed by atoms with Crippen LogP contribution in [0, 0.1) is 0 Å². The van der Waals surface area contributed by atoms with Crippen molar-refractivity contribution in [1.29, 1.82) is 0 Å². The van der Waals surface area contributed by atoms with Crippen LogP contribution in [0.2, 0.25) is 0 Å². The van der Waals surface area contributed by atoms with Crippen LogP contribution >= 0.6 is 0 Å². The number of carbonyl (C=O) groups excluding carboxylic acids is 2. The van der Waals surface area contributed by atoms with E-state index < -0.39 is 5.54 Å². The molecule has 1 fully saturated rings. The Kier molecular flexibility index (Phi) is 6.12. The summed E-state index contributed by atoms with van der Waals surface area (Å²) in [5.74, 6) is -0.00955. The molecule has 5 nitrogen and oxygen atoms in total. The Labute approximate surface area is 159 Å². The van der Waals surface area contributed by atoms with Crippen LogP contribution in [0.3, 0.4) is 0 Å². The second-order valence-electron chi connectivity index (χ2n) is 6.89. The highest BCUT2D eigenvalue weighted by Gasteiger charge is 2.43. The largest absolute Gasteiger partial charge is 0.483 e. The number of nitrogens with one attached hydrogen (secondary N) is 1. The first-order chi connectivity index (χ1) is 13.1. The van der Waals surface area contributed by atoms with Crippen LogP contribution in [0.5, 0.6) is 5.75 Å². The van der Waals surface area contributed by atoms with Crippen molar-refractivity contribution < 1.29 is 19.1 Å². The van der Waals surface area contributed by atoms with Gasteiger partial charge >= 0.3 is 5.97 Å². The molecule has 1 aliphatic rings. The molecule has 1 aliphatic carbocycles. The summed E-state index contributed by atoms with van der Waals surface area (Å²) < 4.78 is 10.7. The smallest absolute Gasteiger partial charge is 0.331 e. The third kappa shape index (κ3) is 4.67. The van der Waals surface area contributed by atoms with Gasteiger partial charge in [-0.05, 0) is 30.0 Å². The van der Waals surface area contributed by atoms with Crippen molar-refractivity contribution in [3.8, 4) is 5.75 Å². The molecule has 2 aromatic carbocycles. The lowest BCUT2D eigenvalue weighted by Gasteiger charge is -2.27. The Hall–Kier alpha value is -2.82. The minimum Gasteiger partial charge on any atom is -0.483 e. The van der Waals surface area contributed by atoms with E-state index in [1.165, 1.54) is 12.7 Å². The van der Waals surface area contributed by atoms with Gasteiger partial charge in [-0.1, -0.05) is 61.4 Å². The molecule has 0 radical (unpaired) electrons. The number of ether oxygens (including phenoxy) is 2. The fourth-order valence-corrected chi connectivity index (χ4v) is 3.61. The second kappa shape index (κ2) is 8.71. The molecular weight excluding hydrogens is 342 g/mol. The number of hydrogen-bond donors (Lipinski definition) is 1. The highest BCUT2D eigenvalue weighted by molar-refractivity contribution is 5.88. The number of amides is 1. The lowest BCUT2D eigenvalue weighted by molar-refractivity contribution is -0.151. The summed E-state index contributed by atoms with van der Waals surface area (Å²) in [7, 11) is 1.35. The fourth-order valence-electron chi connectivity index (χ4n) is 3.61. The monoisotopic (exact) mass is 367 g/mol. The van der Waals surface area contributed by atoms with Gasteiger partial charge in [0.15, 0.2) is 6.61 Å². The summed E-state index contributed by atoms with van der Waals surface area (Å²) in [5, 5.41) is 2.84. The van der Waals surface area contributed by atoms with E-state index >= 15 is 0 Å². The lowest BCUT2D eigenvalue weighted by atomic mass is 9.98. The highest BCUT2D eigenvalue weighted by Crippen LogP contribution is 2.31. The number of esters is 1. The summed E-state index contributed by atoms with van der Waals surface area (Å²) in [6.45, 7) is -0.134. The van der Waals surface area contributed by atoms with Crippen LogP contribution in [-0.4, -0.2) is 31.1 Å². The van der Waals surface area contributed by atoms with Gasteiger partial charge in [-0.2, -0.15) is 0 Å². The third-order valence-electron chi connectivity index (χ3n) is 4.98. The van der Waals surface area contributed by atoms with Crippen molar-refractivity contribution in [2.75, 3.05) is 13.7 Å². The molecule has 27 heavy (non-hydrogen) atoms. The van der Waals surface area contributed by atoms with Crippen molar-refractivity contribution in [1.82, 2.24) is 5.32 Å². The van der Waals surface area contributed by atoms with Gasteiger partial charge < -0.3 is 14.8 Å². The first kappa shape index (κ1) is 19.0. The molecule has 3 rings (SSSR count). The molecule has 1 saturated carbocycles. The Bertz CT molecular complexity index is 782. The topological polar surface area (TPSA) is 64.6 Å². The van der Waals surface area contributed by atoms with Crippen LogP contribution in [0.15, 0.2) is 54.6 Å². The zero-order valence-corrected chi connectivity index (χ0v) is 15.6. The van der Waals surface area contributed by atoms with E-state index in [2.05, 4.69) is 17.4 Å². The molecule has 0 aliphatic heterocycles. The van der Waals surface area contributed by atoms with E-state index in [0.717, 1.165) is 24.8 Å². The van der Waals surface area contributed by atoms with Gasteiger partial charge in [0.25, 0.3) is 5.91 Å². The van der Waals surface area contributed by atoms with Crippen molar-refractivity contribution in [2.24, 2.45) is 0 Å². The van der Waals surface area contributed by atoms with Gasteiger partial charge in [-0.25, -0.2) is 4.79 Å². The van der Waals surface area contributed by atoms with E-state index in [1.807, 2.05) is 42.5 Å². The van der Waals surface area contributed by atoms with E-state index in [0.29, 0.717) is 18.6 Å². The number of methoxy groups -OCH3 is 1. The minimum atomic E-state index is -0.904. The van der Waals surface area contributed by atoms with Gasteiger partial charge in [0, 0.05) is 6.42 Å². The standard InChI is InChI=1S/C22H25NO4/c1-26-21(25)22(13-7-8-14-22)23-20(24)16-27-19-12-6-5-11-18(19)15-17-9-3-2-4-10-17/h2-6,9-12H,7-8,13-16H2,1H3,(H,23,24). The maximum Gasteiger partial charge on any atom is 0.331 e. The number of rotatable bonds is 7. The zero-order valence-electron chi connectivity index (χ0n) is 15.6. The maximum atomic E-state index is 12.4. The summed E-state index contributed by atoms with van der Waals surface area (Å²) in [4.78, 5) is 24.5. The van der Waals surface area contributed by atoms with Crippen LogP contribution in [-0.2, 0) is 20.7 Å². The van der Waals surface area contributed by atoms with Crippen molar-refractivity contribution in [3.05, 3.63) is 65.7 Å². The van der Waals surface area contributed by atoms with Crippen LogP contribution in [0.25, 0.3) is 0 Å². The SMILES string of the molecule is COC(=O)C1(NC(=O)COc2ccccc2Cc2ccccc2)CCCC1. The molecule has 1 amide bonds. The van der Waals surface area contributed by atoms with Crippen LogP contribution < -0.4 is 10.1 Å². The van der Waals surface area contributed by atoms with Gasteiger partial charge in [0.2, 0.25) is 0 Å². The molecule has 5 heteroatoms. The van der Waals surface area contributed by atoms with Gasteiger partial charge in [0.1, 0.15) is 11.3 Å². The predicted molar refractivity (Wildman–Crippen MR) is 103 cm³/mol. The molecule has 0 unspecified atom stereocenters. The minimum absolute atomic E-state index is 0.134. The Balaban J connectivity index is 1.63. The molecule has 0 saturated heterocycles. The summed E-state index contributed by atoms with van der Waals surface area (Å²) in [6, 6.07) is 17.8. The Morgan fingerprint density at radius 1 is 1.00 bits per heavy atom. The fraction of sp³-hybridized carbons (Fsp3) is 0.364. The molecule has 0 atom stereocenters. The molecular formula is C22H25NO4. The van der Waals surface area contributed by atoms with E-state index in [9.17, 15) is 9.59 Å². The van der Waals surface area contributed by atoms with Crippen molar-refractivity contribution in [3.63, 3.8) is 0 Å². The summed E-state index contributed by atoms with van der Waals surface area (Å²) in [6.07, 6.45) is 3.74. The van der Waals surface area contributed by atoms with Gasteiger partial charge in [-0.3, -0.25) is 4.79 Å². The first-order valence-corrected chi connectivity index (χ1v) is 9.27. The van der Waals surface area contributed by atoms with Crippen molar-refractivity contribution in [2.45, 2.75) is 37.6 Å². The lowest BCUT2D eigenvalue weighted by Crippen LogP contribution is -2.54. The Morgan fingerprint density at radius 3 is 2.37 bits per heavy atom. The number of para-hydroxylation sites is 1. The van der Waals surface area contributed by atoms with Crippen LogP contribution in [0.1, 0.15) is 36.8 Å². The first-order valence-electron chi connectivity index (χ1n) is 9.27. The third-order valence-corrected chi connectivity index (χ3v) is 4.98. The Morgan fingerprint density at radius 2 is 1.67 bits per heavy atom. The van der Waals surface area contributed by atoms with E-state index in [-0.39, 0.29) is 18.5 Å². The van der Waals surface area contributed by atoms with E-state index in [1.54, 1.807) is 0 Å². The number of hydrogen-bond acceptors (Lipinski definition) is 4.